The number of carbonyl (C=O) groups excluding carboxylic acids is 1. The fourth-order valence-corrected chi connectivity index (χ4v) is 2.84. The van der Waals surface area contributed by atoms with Gasteiger partial charge in [-0.05, 0) is 42.5 Å². The minimum Gasteiger partial charge on any atom is -0.493 e. The van der Waals surface area contributed by atoms with Crippen LogP contribution in [0.3, 0.4) is 0 Å². The van der Waals surface area contributed by atoms with E-state index in [-0.39, 0.29) is 6.03 Å². The SMILES string of the molecule is C[C@@H]1CCCN(C(=O)Nc2ccc3c(c2)CCO3)C1. The van der Waals surface area contributed by atoms with E-state index in [4.69, 9.17) is 4.74 Å². The topological polar surface area (TPSA) is 41.6 Å². The highest BCUT2D eigenvalue weighted by Crippen LogP contribution is 2.28. The zero-order chi connectivity index (χ0) is 13.2. The molecular weight excluding hydrogens is 240 g/mol. The molecule has 1 aromatic carbocycles. The number of fused-ring (bicyclic) bond motifs is 1. The minimum absolute atomic E-state index is 0.0189. The van der Waals surface area contributed by atoms with Gasteiger partial charge in [0.05, 0.1) is 6.61 Å². The zero-order valence-corrected chi connectivity index (χ0v) is 11.3. The zero-order valence-electron chi connectivity index (χ0n) is 11.3. The number of hydrogen-bond acceptors (Lipinski definition) is 2. The van der Waals surface area contributed by atoms with Crippen LogP contribution < -0.4 is 10.1 Å². The second-order valence-corrected chi connectivity index (χ2v) is 5.54. The van der Waals surface area contributed by atoms with E-state index in [0.29, 0.717) is 5.92 Å². The third-order valence-corrected chi connectivity index (χ3v) is 3.88. The molecule has 0 spiro atoms. The Morgan fingerprint density at radius 1 is 1.47 bits per heavy atom. The quantitative estimate of drug-likeness (QED) is 0.843. The fourth-order valence-electron chi connectivity index (χ4n) is 2.84. The summed E-state index contributed by atoms with van der Waals surface area (Å²) in [4.78, 5) is 14.1. The summed E-state index contributed by atoms with van der Waals surface area (Å²) in [6.07, 6.45) is 3.26. The van der Waals surface area contributed by atoms with Crippen molar-refractivity contribution in [3.8, 4) is 5.75 Å². The molecule has 3 rings (SSSR count). The van der Waals surface area contributed by atoms with Crippen LogP contribution in [-0.4, -0.2) is 30.6 Å². The van der Waals surface area contributed by atoms with E-state index in [1.165, 1.54) is 12.0 Å². The summed E-state index contributed by atoms with van der Waals surface area (Å²) >= 11 is 0. The smallest absolute Gasteiger partial charge is 0.321 e. The summed E-state index contributed by atoms with van der Waals surface area (Å²) in [5.41, 5.74) is 2.05. The molecule has 4 heteroatoms. The number of benzene rings is 1. The Hall–Kier alpha value is -1.71. The molecule has 1 saturated heterocycles. The molecule has 0 radical (unpaired) electrons. The molecule has 4 nitrogen and oxygen atoms in total. The second-order valence-electron chi connectivity index (χ2n) is 5.54. The Morgan fingerprint density at radius 2 is 2.37 bits per heavy atom. The van der Waals surface area contributed by atoms with Gasteiger partial charge in [-0.3, -0.25) is 0 Å². The van der Waals surface area contributed by atoms with Gasteiger partial charge in [0.2, 0.25) is 0 Å². The molecule has 0 bridgehead atoms. The predicted octanol–water partition coefficient (Wildman–Crippen LogP) is 2.89. The summed E-state index contributed by atoms with van der Waals surface area (Å²) < 4.78 is 5.47. The number of ether oxygens (including phenoxy) is 1. The summed E-state index contributed by atoms with van der Waals surface area (Å²) in [6.45, 7) is 4.67. The van der Waals surface area contributed by atoms with Crippen LogP contribution in [0.1, 0.15) is 25.3 Å². The van der Waals surface area contributed by atoms with Crippen molar-refractivity contribution in [2.24, 2.45) is 5.92 Å². The molecule has 102 valence electrons. The number of rotatable bonds is 1. The van der Waals surface area contributed by atoms with Crippen LogP contribution >= 0.6 is 0 Å². The summed E-state index contributed by atoms with van der Waals surface area (Å²) in [6, 6.07) is 5.89. The van der Waals surface area contributed by atoms with Gasteiger partial charge in [0.25, 0.3) is 0 Å². The molecule has 19 heavy (non-hydrogen) atoms. The number of amides is 2. The minimum atomic E-state index is 0.0189. The van der Waals surface area contributed by atoms with Gasteiger partial charge in [0.1, 0.15) is 5.75 Å². The maximum absolute atomic E-state index is 12.2. The van der Waals surface area contributed by atoms with Crippen LogP contribution in [0.15, 0.2) is 18.2 Å². The lowest BCUT2D eigenvalue weighted by molar-refractivity contribution is 0.182. The van der Waals surface area contributed by atoms with E-state index >= 15 is 0 Å². The van der Waals surface area contributed by atoms with Gasteiger partial charge in [0.15, 0.2) is 0 Å². The number of carbonyl (C=O) groups is 1. The van der Waals surface area contributed by atoms with E-state index in [1.54, 1.807) is 0 Å². The Balaban J connectivity index is 1.66. The average Bonchev–Trinajstić information content (AvgIpc) is 2.86. The van der Waals surface area contributed by atoms with Gasteiger partial charge in [-0.15, -0.1) is 0 Å². The van der Waals surface area contributed by atoms with E-state index < -0.39 is 0 Å². The largest absolute Gasteiger partial charge is 0.493 e. The molecule has 0 aliphatic carbocycles. The van der Waals surface area contributed by atoms with Gasteiger partial charge < -0.3 is 15.0 Å². The van der Waals surface area contributed by atoms with Crippen molar-refractivity contribution >= 4 is 11.7 Å². The van der Waals surface area contributed by atoms with E-state index in [1.807, 2.05) is 23.1 Å². The summed E-state index contributed by atoms with van der Waals surface area (Å²) in [5, 5.41) is 2.99. The molecule has 2 aliphatic heterocycles. The lowest BCUT2D eigenvalue weighted by Gasteiger charge is -2.30. The van der Waals surface area contributed by atoms with Crippen LogP contribution in [0.25, 0.3) is 0 Å². The van der Waals surface area contributed by atoms with Crippen LogP contribution in [0, 0.1) is 5.92 Å². The van der Waals surface area contributed by atoms with Crippen molar-refractivity contribution in [3.05, 3.63) is 23.8 Å². The highest BCUT2D eigenvalue weighted by atomic mass is 16.5. The van der Waals surface area contributed by atoms with Crippen LogP contribution in [0.4, 0.5) is 10.5 Å². The van der Waals surface area contributed by atoms with Crippen molar-refractivity contribution < 1.29 is 9.53 Å². The number of anilines is 1. The molecule has 2 amide bonds. The number of piperidine rings is 1. The third kappa shape index (κ3) is 2.67. The molecule has 2 heterocycles. The monoisotopic (exact) mass is 260 g/mol. The van der Waals surface area contributed by atoms with E-state index in [0.717, 1.165) is 44.0 Å². The molecule has 1 atom stereocenters. The number of nitrogens with one attached hydrogen (secondary N) is 1. The van der Waals surface area contributed by atoms with Crippen molar-refractivity contribution in [3.63, 3.8) is 0 Å². The highest BCUT2D eigenvalue weighted by Gasteiger charge is 2.21. The van der Waals surface area contributed by atoms with Gasteiger partial charge in [-0.1, -0.05) is 6.92 Å². The highest BCUT2D eigenvalue weighted by molar-refractivity contribution is 5.89. The van der Waals surface area contributed by atoms with Crippen molar-refractivity contribution in [2.75, 3.05) is 25.0 Å². The molecule has 0 aromatic heterocycles. The van der Waals surface area contributed by atoms with Crippen LogP contribution in [0.2, 0.25) is 0 Å². The maximum atomic E-state index is 12.2. The lowest BCUT2D eigenvalue weighted by Crippen LogP contribution is -2.41. The van der Waals surface area contributed by atoms with E-state index in [2.05, 4.69) is 12.2 Å². The Kier molecular flexibility index (Phi) is 3.32. The first kappa shape index (κ1) is 12.3. The van der Waals surface area contributed by atoms with E-state index in [9.17, 15) is 4.79 Å². The van der Waals surface area contributed by atoms with Gasteiger partial charge >= 0.3 is 6.03 Å². The van der Waals surface area contributed by atoms with Crippen LogP contribution in [0.5, 0.6) is 5.75 Å². The van der Waals surface area contributed by atoms with Gasteiger partial charge in [-0.25, -0.2) is 4.79 Å². The predicted molar refractivity (Wildman–Crippen MR) is 74.6 cm³/mol. The number of urea groups is 1. The van der Waals surface area contributed by atoms with Crippen molar-refractivity contribution in [2.45, 2.75) is 26.2 Å². The number of hydrogen-bond donors (Lipinski definition) is 1. The maximum Gasteiger partial charge on any atom is 0.321 e. The molecule has 1 aromatic rings. The molecule has 2 aliphatic rings. The first-order valence-electron chi connectivity index (χ1n) is 7.04. The van der Waals surface area contributed by atoms with Crippen molar-refractivity contribution in [1.29, 1.82) is 0 Å². The standard InChI is InChI=1S/C15H20N2O2/c1-11-3-2-7-17(10-11)15(18)16-13-4-5-14-12(9-13)6-8-19-14/h4-5,9,11H,2-3,6-8,10H2,1H3,(H,16,18)/t11-/m1/s1. The van der Waals surface area contributed by atoms with Crippen LogP contribution in [-0.2, 0) is 6.42 Å². The normalized spacial score (nSPS) is 21.7. The number of likely N-dealkylation sites (tertiary alicyclic amines) is 1. The number of nitrogens with zero attached hydrogens (tertiary/aromatic N) is 1. The van der Waals surface area contributed by atoms with Gasteiger partial charge in [-0.2, -0.15) is 0 Å². The first-order valence-corrected chi connectivity index (χ1v) is 7.04. The molecule has 0 saturated carbocycles. The first-order chi connectivity index (χ1) is 9.22. The lowest BCUT2D eigenvalue weighted by atomic mass is 10.0. The molecular formula is C15H20N2O2. The summed E-state index contributed by atoms with van der Waals surface area (Å²) in [5.74, 6) is 1.55. The summed E-state index contributed by atoms with van der Waals surface area (Å²) in [7, 11) is 0. The Labute approximate surface area is 113 Å². The third-order valence-electron chi connectivity index (χ3n) is 3.88. The second kappa shape index (κ2) is 5.11. The molecule has 0 unspecified atom stereocenters. The molecule has 1 N–H and O–H groups in total. The van der Waals surface area contributed by atoms with Crippen molar-refractivity contribution in [1.82, 2.24) is 4.90 Å². The van der Waals surface area contributed by atoms with Gasteiger partial charge in [0, 0.05) is 25.2 Å². The Morgan fingerprint density at radius 3 is 3.21 bits per heavy atom. The fraction of sp³-hybridized carbons (Fsp3) is 0.533. The Bertz CT molecular complexity index is 487. The molecule has 1 fully saturated rings. The average molecular weight is 260 g/mol.